The van der Waals surface area contributed by atoms with Gasteiger partial charge in [0.2, 0.25) is 5.91 Å². The minimum absolute atomic E-state index is 0.0841. The summed E-state index contributed by atoms with van der Waals surface area (Å²) in [5.41, 5.74) is 1.96. The first-order chi connectivity index (χ1) is 11.2. The van der Waals surface area contributed by atoms with Crippen LogP contribution in [0.5, 0.6) is 0 Å². The first-order valence-corrected chi connectivity index (χ1v) is 7.69. The molecule has 0 aliphatic rings. The van der Waals surface area contributed by atoms with Crippen molar-refractivity contribution in [1.29, 1.82) is 0 Å². The van der Waals surface area contributed by atoms with Crippen LogP contribution < -0.4 is 5.32 Å². The van der Waals surface area contributed by atoms with Gasteiger partial charge < -0.3 is 5.32 Å². The van der Waals surface area contributed by atoms with Crippen molar-refractivity contribution in [2.75, 3.05) is 5.32 Å². The van der Waals surface area contributed by atoms with Crippen LogP contribution in [-0.4, -0.2) is 15.7 Å². The van der Waals surface area contributed by atoms with Crippen LogP contribution in [0.2, 0.25) is 5.02 Å². The molecule has 0 fully saturated rings. The van der Waals surface area contributed by atoms with Gasteiger partial charge in [0, 0.05) is 17.3 Å². The molecule has 0 aliphatic heterocycles. The highest BCUT2D eigenvalue weighted by Gasteiger charge is 2.07. The molecule has 5 heteroatoms. The van der Waals surface area contributed by atoms with Crippen LogP contribution in [0.25, 0.3) is 0 Å². The molecule has 3 rings (SSSR count). The summed E-state index contributed by atoms with van der Waals surface area (Å²) < 4.78 is 1.75. The molecular weight excluding hydrogens is 310 g/mol. The Balaban J connectivity index is 1.61. The summed E-state index contributed by atoms with van der Waals surface area (Å²) in [6, 6.07) is 19.0. The minimum atomic E-state index is -0.0841. The van der Waals surface area contributed by atoms with Crippen molar-refractivity contribution in [3.05, 3.63) is 83.0 Å². The highest BCUT2D eigenvalue weighted by Crippen LogP contribution is 2.16. The van der Waals surface area contributed by atoms with Gasteiger partial charge in [0.05, 0.1) is 13.0 Å². The molecule has 1 N–H and O–H groups in total. The standard InChI is InChI=1S/C18H16ClN3O/c19-16-9-5-4-8-15(16)13-22-11-10-17(21-22)20-18(23)12-14-6-2-1-3-7-14/h1-11H,12-13H2,(H,20,21,23). The van der Waals surface area contributed by atoms with Crippen molar-refractivity contribution in [3.8, 4) is 0 Å². The van der Waals surface area contributed by atoms with Crippen LogP contribution in [0.1, 0.15) is 11.1 Å². The largest absolute Gasteiger partial charge is 0.309 e. The Morgan fingerprint density at radius 2 is 1.78 bits per heavy atom. The average Bonchev–Trinajstić information content (AvgIpc) is 2.97. The third-order valence-corrected chi connectivity index (χ3v) is 3.77. The lowest BCUT2D eigenvalue weighted by Gasteiger charge is -2.04. The van der Waals surface area contributed by atoms with Gasteiger partial charge in [-0.25, -0.2) is 0 Å². The number of rotatable bonds is 5. The van der Waals surface area contributed by atoms with Gasteiger partial charge in [-0.15, -0.1) is 0 Å². The molecule has 2 aromatic carbocycles. The molecule has 1 heterocycles. The van der Waals surface area contributed by atoms with Crippen molar-refractivity contribution in [1.82, 2.24) is 9.78 Å². The SMILES string of the molecule is O=C(Cc1ccccc1)Nc1ccn(Cc2ccccc2Cl)n1. The van der Waals surface area contributed by atoms with E-state index in [2.05, 4.69) is 10.4 Å². The predicted molar refractivity (Wildman–Crippen MR) is 91.6 cm³/mol. The van der Waals surface area contributed by atoms with Gasteiger partial charge in [0.1, 0.15) is 0 Å². The number of benzene rings is 2. The second-order valence-corrected chi connectivity index (χ2v) is 5.61. The van der Waals surface area contributed by atoms with Crippen molar-refractivity contribution < 1.29 is 4.79 Å². The number of amides is 1. The molecule has 0 saturated heterocycles. The zero-order valence-corrected chi connectivity index (χ0v) is 13.2. The number of hydrogen-bond donors (Lipinski definition) is 1. The van der Waals surface area contributed by atoms with E-state index in [4.69, 9.17) is 11.6 Å². The molecule has 0 aliphatic carbocycles. The molecule has 116 valence electrons. The number of hydrogen-bond acceptors (Lipinski definition) is 2. The second-order valence-electron chi connectivity index (χ2n) is 5.20. The van der Waals surface area contributed by atoms with Gasteiger partial charge in [-0.05, 0) is 17.2 Å². The zero-order chi connectivity index (χ0) is 16.1. The fraction of sp³-hybridized carbons (Fsp3) is 0.111. The quantitative estimate of drug-likeness (QED) is 0.776. The molecule has 1 aromatic heterocycles. The summed E-state index contributed by atoms with van der Waals surface area (Å²) in [5.74, 6) is 0.456. The summed E-state index contributed by atoms with van der Waals surface area (Å²) in [6.45, 7) is 0.564. The normalized spacial score (nSPS) is 10.5. The maximum Gasteiger partial charge on any atom is 0.229 e. The summed E-state index contributed by atoms with van der Waals surface area (Å²) in [4.78, 5) is 12.0. The van der Waals surface area contributed by atoms with Gasteiger partial charge in [-0.1, -0.05) is 60.1 Å². The van der Waals surface area contributed by atoms with E-state index in [9.17, 15) is 4.79 Å². The average molecular weight is 326 g/mol. The molecule has 0 saturated carbocycles. The van der Waals surface area contributed by atoms with Crippen LogP contribution in [0, 0.1) is 0 Å². The Morgan fingerprint density at radius 3 is 2.57 bits per heavy atom. The van der Waals surface area contributed by atoms with E-state index in [1.165, 1.54) is 0 Å². The van der Waals surface area contributed by atoms with Crippen molar-refractivity contribution in [2.45, 2.75) is 13.0 Å². The van der Waals surface area contributed by atoms with E-state index in [1.807, 2.05) is 60.8 Å². The van der Waals surface area contributed by atoms with E-state index in [0.717, 1.165) is 11.1 Å². The Bertz CT molecular complexity index is 799. The molecule has 23 heavy (non-hydrogen) atoms. The van der Waals surface area contributed by atoms with Crippen LogP contribution in [0.3, 0.4) is 0 Å². The Labute approximate surface area is 139 Å². The Hall–Kier alpha value is -2.59. The predicted octanol–water partition coefficient (Wildman–Crippen LogP) is 3.77. The van der Waals surface area contributed by atoms with Crippen molar-refractivity contribution in [2.24, 2.45) is 0 Å². The van der Waals surface area contributed by atoms with Gasteiger partial charge in [0.15, 0.2) is 5.82 Å². The summed E-state index contributed by atoms with van der Waals surface area (Å²) in [7, 11) is 0. The molecule has 0 radical (unpaired) electrons. The smallest absolute Gasteiger partial charge is 0.229 e. The highest BCUT2D eigenvalue weighted by atomic mass is 35.5. The van der Waals surface area contributed by atoms with E-state index >= 15 is 0 Å². The van der Waals surface area contributed by atoms with Gasteiger partial charge in [-0.2, -0.15) is 5.10 Å². The van der Waals surface area contributed by atoms with Gasteiger partial charge in [-0.3, -0.25) is 9.48 Å². The minimum Gasteiger partial charge on any atom is -0.309 e. The molecule has 0 bridgehead atoms. The Morgan fingerprint density at radius 1 is 1.04 bits per heavy atom. The molecule has 0 spiro atoms. The number of halogens is 1. The fourth-order valence-corrected chi connectivity index (χ4v) is 2.48. The number of carbonyl (C=O) groups is 1. The lowest BCUT2D eigenvalue weighted by molar-refractivity contribution is -0.115. The van der Waals surface area contributed by atoms with E-state index in [-0.39, 0.29) is 5.91 Å². The highest BCUT2D eigenvalue weighted by molar-refractivity contribution is 6.31. The molecule has 0 unspecified atom stereocenters. The number of carbonyl (C=O) groups excluding carboxylic acids is 1. The van der Waals surface area contributed by atoms with Crippen LogP contribution in [0.15, 0.2) is 66.9 Å². The lowest BCUT2D eigenvalue weighted by atomic mass is 10.1. The number of aromatic nitrogens is 2. The van der Waals surface area contributed by atoms with Crippen LogP contribution >= 0.6 is 11.6 Å². The maximum atomic E-state index is 12.0. The topological polar surface area (TPSA) is 46.9 Å². The molecule has 0 atom stereocenters. The lowest BCUT2D eigenvalue weighted by Crippen LogP contribution is -2.15. The number of nitrogens with one attached hydrogen (secondary N) is 1. The molecule has 1 amide bonds. The van der Waals surface area contributed by atoms with Crippen LogP contribution in [0.4, 0.5) is 5.82 Å². The third-order valence-electron chi connectivity index (χ3n) is 3.41. The third kappa shape index (κ3) is 4.20. The molecule has 4 nitrogen and oxygen atoms in total. The van der Waals surface area contributed by atoms with Crippen molar-refractivity contribution >= 4 is 23.3 Å². The van der Waals surface area contributed by atoms with Crippen LogP contribution in [-0.2, 0) is 17.8 Å². The first-order valence-electron chi connectivity index (χ1n) is 7.31. The van der Waals surface area contributed by atoms with Gasteiger partial charge in [0.25, 0.3) is 0 Å². The molecular formula is C18H16ClN3O. The van der Waals surface area contributed by atoms with E-state index in [1.54, 1.807) is 10.7 Å². The van der Waals surface area contributed by atoms with Gasteiger partial charge >= 0.3 is 0 Å². The summed E-state index contributed by atoms with van der Waals surface area (Å²) in [5, 5.41) is 7.87. The number of nitrogens with zero attached hydrogens (tertiary/aromatic N) is 2. The molecule has 3 aromatic rings. The fourth-order valence-electron chi connectivity index (χ4n) is 2.29. The zero-order valence-electron chi connectivity index (χ0n) is 12.4. The van der Waals surface area contributed by atoms with E-state index in [0.29, 0.717) is 23.8 Å². The second kappa shape index (κ2) is 7.11. The summed E-state index contributed by atoms with van der Waals surface area (Å²) >= 11 is 6.14. The maximum absolute atomic E-state index is 12.0. The first kappa shape index (κ1) is 15.3. The Kier molecular flexibility index (Phi) is 4.74. The van der Waals surface area contributed by atoms with Crippen molar-refractivity contribution in [3.63, 3.8) is 0 Å². The monoisotopic (exact) mass is 325 g/mol. The number of anilines is 1. The van der Waals surface area contributed by atoms with E-state index < -0.39 is 0 Å². The summed E-state index contributed by atoms with van der Waals surface area (Å²) in [6.07, 6.45) is 2.15.